The lowest BCUT2D eigenvalue weighted by atomic mass is 10.2. The maximum atomic E-state index is 13.1. The lowest BCUT2D eigenvalue weighted by molar-refractivity contribution is -0.275. The topological polar surface area (TPSA) is 38.3 Å². The summed E-state index contributed by atoms with van der Waals surface area (Å²) in [6, 6.07) is 1.61. The highest BCUT2D eigenvalue weighted by Gasteiger charge is 2.32. The molecule has 0 aromatic heterocycles. The molecule has 0 bridgehead atoms. The molecule has 0 heterocycles. The Hall–Kier alpha value is -1.79. The van der Waals surface area contributed by atoms with Crippen molar-refractivity contribution < 1.29 is 27.1 Å². The third kappa shape index (κ3) is 3.11. The Labute approximate surface area is 88.0 Å². The molecule has 0 atom stereocenters. The van der Waals surface area contributed by atoms with Gasteiger partial charge < -0.3 is 10.1 Å². The van der Waals surface area contributed by atoms with Crippen molar-refractivity contribution in [3.63, 3.8) is 0 Å². The first-order chi connectivity index (χ1) is 7.33. The molecule has 1 aromatic carbocycles. The van der Waals surface area contributed by atoms with Crippen molar-refractivity contribution in [2.24, 2.45) is 0 Å². The average molecular weight is 237 g/mol. The first-order valence-corrected chi connectivity index (χ1v) is 4.09. The van der Waals surface area contributed by atoms with Crippen LogP contribution in [-0.4, -0.2) is 12.8 Å². The number of hydrogen-bond acceptors (Lipinski definition) is 2. The molecular formula is C9H7F4NO2. The number of benzene rings is 1. The number of halogens is 4. The van der Waals surface area contributed by atoms with E-state index in [-0.39, 0.29) is 11.3 Å². The summed E-state index contributed by atoms with van der Waals surface area (Å²) in [6.45, 7) is 1.41. The van der Waals surface area contributed by atoms with Gasteiger partial charge in [-0.2, -0.15) is 0 Å². The van der Waals surface area contributed by atoms with E-state index in [0.29, 0.717) is 6.41 Å². The zero-order valence-corrected chi connectivity index (χ0v) is 8.06. The van der Waals surface area contributed by atoms with Crippen LogP contribution in [0.3, 0.4) is 0 Å². The van der Waals surface area contributed by atoms with E-state index < -0.39 is 17.9 Å². The van der Waals surface area contributed by atoms with Gasteiger partial charge in [0.25, 0.3) is 0 Å². The molecule has 1 amide bonds. The van der Waals surface area contributed by atoms with Crippen molar-refractivity contribution >= 4 is 12.1 Å². The predicted octanol–water partition coefficient (Wildman–Crippen LogP) is 2.60. The number of amides is 1. The van der Waals surface area contributed by atoms with Gasteiger partial charge in [0.2, 0.25) is 6.41 Å². The molecule has 16 heavy (non-hydrogen) atoms. The molecule has 0 saturated carbocycles. The average Bonchev–Trinajstić information content (AvgIpc) is 2.11. The smallest absolute Gasteiger partial charge is 0.403 e. The number of aryl methyl sites for hydroxylation is 1. The fourth-order valence-electron chi connectivity index (χ4n) is 1.08. The van der Waals surface area contributed by atoms with Crippen LogP contribution in [0.15, 0.2) is 12.1 Å². The van der Waals surface area contributed by atoms with E-state index in [9.17, 15) is 22.4 Å². The molecule has 1 N–H and O–H groups in total. The summed E-state index contributed by atoms with van der Waals surface area (Å²) in [5, 5.41) is 2.15. The monoisotopic (exact) mass is 237 g/mol. The summed E-state index contributed by atoms with van der Waals surface area (Å²) in [6.07, 6.45) is -4.65. The molecule has 3 nitrogen and oxygen atoms in total. The molecule has 0 aliphatic rings. The zero-order chi connectivity index (χ0) is 12.3. The number of ether oxygens (including phenoxy) is 1. The van der Waals surface area contributed by atoms with Crippen molar-refractivity contribution in [3.8, 4) is 5.75 Å². The fraction of sp³-hybridized carbons (Fsp3) is 0.222. The molecule has 0 spiro atoms. The van der Waals surface area contributed by atoms with Gasteiger partial charge in [0, 0.05) is 11.8 Å². The van der Waals surface area contributed by atoms with E-state index in [2.05, 4.69) is 10.1 Å². The molecule has 0 saturated heterocycles. The minimum Gasteiger partial charge on any atom is -0.403 e. The van der Waals surface area contributed by atoms with Crippen LogP contribution in [0.25, 0.3) is 0 Å². The molecule has 0 fully saturated rings. The highest BCUT2D eigenvalue weighted by Crippen LogP contribution is 2.29. The van der Waals surface area contributed by atoms with Gasteiger partial charge in [-0.15, -0.1) is 13.2 Å². The molecule has 1 aromatic rings. The Bertz CT molecular complexity index is 403. The second-order valence-electron chi connectivity index (χ2n) is 2.91. The van der Waals surface area contributed by atoms with E-state index in [1.54, 1.807) is 0 Å². The van der Waals surface area contributed by atoms with Crippen molar-refractivity contribution in [1.82, 2.24) is 0 Å². The van der Waals surface area contributed by atoms with Crippen molar-refractivity contribution in [3.05, 3.63) is 23.5 Å². The van der Waals surface area contributed by atoms with Crippen LogP contribution in [0, 0.1) is 12.7 Å². The van der Waals surface area contributed by atoms with Crippen LogP contribution >= 0.6 is 0 Å². The lowest BCUT2D eigenvalue weighted by Gasteiger charge is -2.12. The quantitative estimate of drug-likeness (QED) is 0.648. The Morgan fingerprint density at radius 3 is 2.50 bits per heavy atom. The van der Waals surface area contributed by atoms with Crippen LogP contribution in [-0.2, 0) is 4.79 Å². The Morgan fingerprint density at radius 1 is 1.38 bits per heavy atom. The van der Waals surface area contributed by atoms with Crippen LogP contribution in [0.5, 0.6) is 5.75 Å². The van der Waals surface area contributed by atoms with Crippen molar-refractivity contribution in [1.29, 1.82) is 0 Å². The highest BCUT2D eigenvalue weighted by molar-refractivity contribution is 5.73. The minimum absolute atomic E-state index is 0.0852. The van der Waals surface area contributed by atoms with Gasteiger partial charge in [0.15, 0.2) is 11.6 Å². The second kappa shape index (κ2) is 4.38. The lowest BCUT2D eigenvalue weighted by Crippen LogP contribution is -2.18. The van der Waals surface area contributed by atoms with Crippen molar-refractivity contribution in [2.75, 3.05) is 5.32 Å². The van der Waals surface area contributed by atoms with E-state index in [1.807, 2.05) is 0 Å². The first-order valence-electron chi connectivity index (χ1n) is 4.09. The van der Waals surface area contributed by atoms with E-state index >= 15 is 0 Å². The van der Waals surface area contributed by atoms with Gasteiger partial charge in [0.1, 0.15) is 0 Å². The SMILES string of the molecule is Cc1cc(OC(F)(F)F)c(F)cc1NC=O. The van der Waals surface area contributed by atoms with E-state index in [1.165, 1.54) is 6.92 Å². The van der Waals surface area contributed by atoms with Crippen LogP contribution < -0.4 is 10.1 Å². The van der Waals surface area contributed by atoms with Gasteiger partial charge in [-0.1, -0.05) is 0 Å². The fourth-order valence-corrected chi connectivity index (χ4v) is 1.08. The first kappa shape index (κ1) is 12.3. The molecule has 0 unspecified atom stereocenters. The van der Waals surface area contributed by atoms with E-state index in [4.69, 9.17) is 0 Å². The van der Waals surface area contributed by atoms with Gasteiger partial charge in [-0.25, -0.2) is 4.39 Å². The maximum Gasteiger partial charge on any atom is 0.573 e. The molecular weight excluding hydrogens is 230 g/mol. The number of carbonyl (C=O) groups excluding carboxylic acids is 1. The zero-order valence-electron chi connectivity index (χ0n) is 8.06. The third-order valence-corrected chi connectivity index (χ3v) is 1.72. The molecule has 88 valence electrons. The summed E-state index contributed by atoms with van der Waals surface area (Å²) in [5.74, 6) is -2.13. The Balaban J connectivity index is 3.05. The summed E-state index contributed by atoms with van der Waals surface area (Å²) in [7, 11) is 0. The molecule has 0 aliphatic heterocycles. The van der Waals surface area contributed by atoms with Crippen LogP contribution in [0.1, 0.15) is 5.56 Å². The highest BCUT2D eigenvalue weighted by atomic mass is 19.4. The van der Waals surface area contributed by atoms with Crippen molar-refractivity contribution in [2.45, 2.75) is 13.3 Å². The summed E-state index contributed by atoms with van der Waals surface area (Å²) >= 11 is 0. The van der Waals surface area contributed by atoms with Crippen LogP contribution in [0.2, 0.25) is 0 Å². The van der Waals surface area contributed by atoms with Gasteiger partial charge in [0.05, 0.1) is 0 Å². The third-order valence-electron chi connectivity index (χ3n) is 1.72. The Morgan fingerprint density at radius 2 is 2.00 bits per heavy atom. The summed E-state index contributed by atoms with van der Waals surface area (Å²) < 4.78 is 52.1. The number of alkyl halides is 3. The molecule has 0 radical (unpaired) electrons. The maximum absolute atomic E-state index is 13.1. The Kier molecular flexibility index (Phi) is 3.36. The standard InChI is InChI=1S/C9H7F4NO2/c1-5-2-8(16-9(11,12)13)6(10)3-7(5)14-4-15/h2-4H,1H3,(H,14,15). The number of hydrogen-bond donors (Lipinski definition) is 1. The van der Waals surface area contributed by atoms with E-state index in [0.717, 1.165) is 12.1 Å². The number of carbonyl (C=O) groups is 1. The molecule has 0 aliphatic carbocycles. The summed E-state index contributed by atoms with van der Waals surface area (Å²) in [4.78, 5) is 10.1. The molecule has 7 heteroatoms. The second-order valence-corrected chi connectivity index (χ2v) is 2.91. The minimum atomic E-state index is -4.95. The number of nitrogens with one attached hydrogen (secondary N) is 1. The number of rotatable bonds is 3. The predicted molar refractivity (Wildman–Crippen MR) is 47.5 cm³/mol. The normalized spacial score (nSPS) is 11.1. The van der Waals surface area contributed by atoms with Gasteiger partial charge in [-0.05, 0) is 18.6 Å². The van der Waals surface area contributed by atoms with Gasteiger partial charge >= 0.3 is 6.36 Å². The molecule has 1 rings (SSSR count). The number of anilines is 1. The van der Waals surface area contributed by atoms with Gasteiger partial charge in [-0.3, -0.25) is 4.79 Å². The summed E-state index contributed by atoms with van der Waals surface area (Å²) in [5.41, 5.74) is 0.342. The van der Waals surface area contributed by atoms with Crippen LogP contribution in [0.4, 0.5) is 23.2 Å². The largest absolute Gasteiger partial charge is 0.573 e.